The van der Waals surface area contributed by atoms with Gasteiger partial charge in [-0.2, -0.15) is 0 Å². The van der Waals surface area contributed by atoms with Crippen LogP contribution in [0.25, 0.3) is 0 Å². The second-order valence-electron chi connectivity index (χ2n) is 7.05. The van der Waals surface area contributed by atoms with Crippen LogP contribution in [0.15, 0.2) is 42.5 Å². The van der Waals surface area contributed by atoms with Crippen LogP contribution in [0, 0.1) is 5.82 Å². The summed E-state index contributed by atoms with van der Waals surface area (Å²) < 4.78 is 13.2. The van der Waals surface area contributed by atoms with Crippen molar-refractivity contribution in [2.24, 2.45) is 0 Å². The van der Waals surface area contributed by atoms with Crippen molar-refractivity contribution in [2.45, 2.75) is 52.2 Å². The van der Waals surface area contributed by atoms with E-state index in [2.05, 4.69) is 5.32 Å². The van der Waals surface area contributed by atoms with Gasteiger partial charge in [0.15, 0.2) is 0 Å². The SMILES string of the molecule is CC[C@H](C)NC(=O)[C@H](C)N(Cc1ccc(Cl)cc1Cl)C(=O)Cc1ccc(F)cc1. The molecule has 2 atom stereocenters. The van der Waals surface area contributed by atoms with E-state index in [0.717, 1.165) is 6.42 Å². The molecule has 156 valence electrons. The smallest absolute Gasteiger partial charge is 0.242 e. The Bertz CT molecular complexity index is 858. The van der Waals surface area contributed by atoms with Gasteiger partial charge in [0.05, 0.1) is 6.42 Å². The lowest BCUT2D eigenvalue weighted by Gasteiger charge is -2.30. The molecule has 0 aliphatic heterocycles. The van der Waals surface area contributed by atoms with E-state index in [-0.39, 0.29) is 36.6 Å². The first-order valence-corrected chi connectivity index (χ1v) is 10.2. The minimum Gasteiger partial charge on any atom is -0.352 e. The highest BCUT2D eigenvalue weighted by Gasteiger charge is 2.27. The number of carbonyl (C=O) groups excluding carboxylic acids is 2. The van der Waals surface area contributed by atoms with Gasteiger partial charge in [-0.3, -0.25) is 9.59 Å². The van der Waals surface area contributed by atoms with Crippen LogP contribution >= 0.6 is 23.2 Å². The zero-order valence-corrected chi connectivity index (χ0v) is 18.2. The normalized spacial score (nSPS) is 12.9. The lowest BCUT2D eigenvalue weighted by Crippen LogP contribution is -2.49. The molecule has 0 fully saturated rings. The predicted molar refractivity (Wildman–Crippen MR) is 114 cm³/mol. The summed E-state index contributed by atoms with van der Waals surface area (Å²) in [6, 6.07) is 10.1. The van der Waals surface area contributed by atoms with Gasteiger partial charge in [-0.25, -0.2) is 4.39 Å². The van der Waals surface area contributed by atoms with Crippen molar-refractivity contribution in [2.75, 3.05) is 0 Å². The summed E-state index contributed by atoms with van der Waals surface area (Å²) in [7, 11) is 0. The molecule has 0 saturated carbocycles. The number of rotatable bonds is 8. The molecule has 1 N–H and O–H groups in total. The molecular formula is C22H25Cl2FN2O2. The fourth-order valence-corrected chi connectivity index (χ4v) is 3.23. The van der Waals surface area contributed by atoms with Crippen LogP contribution in [-0.4, -0.2) is 28.8 Å². The Morgan fingerprint density at radius 1 is 1.10 bits per heavy atom. The van der Waals surface area contributed by atoms with Crippen molar-refractivity contribution in [3.63, 3.8) is 0 Å². The third-order valence-corrected chi connectivity index (χ3v) is 5.38. The highest BCUT2D eigenvalue weighted by atomic mass is 35.5. The van der Waals surface area contributed by atoms with Crippen LogP contribution in [0.4, 0.5) is 4.39 Å². The van der Waals surface area contributed by atoms with Gasteiger partial charge < -0.3 is 10.2 Å². The van der Waals surface area contributed by atoms with E-state index < -0.39 is 6.04 Å². The molecule has 0 aliphatic rings. The molecule has 29 heavy (non-hydrogen) atoms. The first-order chi connectivity index (χ1) is 13.7. The molecule has 0 unspecified atom stereocenters. The minimum absolute atomic E-state index is 0.00174. The summed E-state index contributed by atoms with van der Waals surface area (Å²) in [6.07, 6.45) is 0.831. The number of hydrogen-bond donors (Lipinski definition) is 1. The largest absolute Gasteiger partial charge is 0.352 e. The number of benzene rings is 2. The maximum atomic E-state index is 13.2. The first kappa shape index (κ1) is 23.2. The third-order valence-electron chi connectivity index (χ3n) is 4.79. The van der Waals surface area contributed by atoms with Gasteiger partial charge in [0.2, 0.25) is 11.8 Å². The highest BCUT2D eigenvalue weighted by Crippen LogP contribution is 2.23. The summed E-state index contributed by atoms with van der Waals surface area (Å²) in [5.41, 5.74) is 1.35. The number of nitrogens with zero attached hydrogens (tertiary/aromatic N) is 1. The Morgan fingerprint density at radius 3 is 2.34 bits per heavy atom. The molecule has 0 bridgehead atoms. The standard InChI is InChI=1S/C22H25Cl2FN2O2/c1-4-14(2)26-22(29)15(3)27(13-17-7-8-18(23)12-20(17)24)21(28)11-16-5-9-19(25)10-6-16/h5-10,12,14-15H,4,11,13H2,1-3H3,(H,26,29)/t14-,15-/m0/s1. The van der Waals surface area contributed by atoms with Crippen molar-refractivity contribution in [3.8, 4) is 0 Å². The van der Waals surface area contributed by atoms with Crippen LogP contribution in [-0.2, 0) is 22.6 Å². The second-order valence-corrected chi connectivity index (χ2v) is 7.90. The molecule has 0 spiro atoms. The topological polar surface area (TPSA) is 49.4 Å². The lowest BCUT2D eigenvalue weighted by molar-refractivity contribution is -0.140. The number of halogens is 3. The van der Waals surface area contributed by atoms with Gasteiger partial charge in [0, 0.05) is 22.6 Å². The Hall–Kier alpha value is -2.11. The molecule has 4 nitrogen and oxygen atoms in total. The van der Waals surface area contributed by atoms with Crippen LogP contribution in [0.3, 0.4) is 0 Å². The molecule has 0 aromatic heterocycles. The molecule has 0 radical (unpaired) electrons. The van der Waals surface area contributed by atoms with Gasteiger partial charge in [-0.05, 0) is 55.7 Å². The van der Waals surface area contributed by atoms with Crippen molar-refractivity contribution in [1.29, 1.82) is 0 Å². The maximum Gasteiger partial charge on any atom is 0.242 e. The van der Waals surface area contributed by atoms with Gasteiger partial charge in [-0.15, -0.1) is 0 Å². The Kier molecular flexibility index (Phi) is 8.47. The Balaban J connectivity index is 2.26. The number of hydrogen-bond acceptors (Lipinski definition) is 2. The minimum atomic E-state index is -0.705. The van der Waals surface area contributed by atoms with E-state index in [1.54, 1.807) is 37.3 Å². The average Bonchev–Trinajstić information content (AvgIpc) is 2.68. The summed E-state index contributed by atoms with van der Waals surface area (Å²) in [5, 5.41) is 3.82. The lowest BCUT2D eigenvalue weighted by atomic mass is 10.1. The van der Waals surface area contributed by atoms with E-state index in [1.807, 2.05) is 13.8 Å². The monoisotopic (exact) mass is 438 g/mol. The van der Waals surface area contributed by atoms with Gasteiger partial charge in [0.1, 0.15) is 11.9 Å². The molecule has 2 amide bonds. The molecule has 2 rings (SSSR count). The van der Waals surface area contributed by atoms with E-state index in [0.29, 0.717) is 21.2 Å². The Labute approximate surface area is 181 Å². The van der Waals surface area contributed by atoms with Crippen molar-refractivity contribution >= 4 is 35.0 Å². The van der Waals surface area contributed by atoms with E-state index in [1.165, 1.54) is 17.0 Å². The summed E-state index contributed by atoms with van der Waals surface area (Å²) >= 11 is 12.2. The first-order valence-electron chi connectivity index (χ1n) is 9.49. The van der Waals surface area contributed by atoms with Gasteiger partial charge in [0.25, 0.3) is 0 Å². The molecule has 7 heteroatoms. The third kappa shape index (κ3) is 6.72. The van der Waals surface area contributed by atoms with Crippen LogP contribution < -0.4 is 5.32 Å². The maximum absolute atomic E-state index is 13.2. The molecule has 2 aromatic carbocycles. The Morgan fingerprint density at radius 2 is 1.76 bits per heavy atom. The quantitative estimate of drug-likeness (QED) is 0.629. The van der Waals surface area contributed by atoms with Gasteiger partial charge in [-0.1, -0.05) is 48.3 Å². The fraction of sp³-hybridized carbons (Fsp3) is 0.364. The van der Waals surface area contributed by atoms with Crippen molar-refractivity contribution < 1.29 is 14.0 Å². The number of amides is 2. The van der Waals surface area contributed by atoms with E-state index in [9.17, 15) is 14.0 Å². The highest BCUT2D eigenvalue weighted by molar-refractivity contribution is 6.35. The van der Waals surface area contributed by atoms with Gasteiger partial charge >= 0.3 is 0 Å². The number of carbonyl (C=O) groups is 2. The van der Waals surface area contributed by atoms with Crippen LogP contribution in [0.2, 0.25) is 10.0 Å². The summed E-state index contributed by atoms with van der Waals surface area (Å²) in [4.78, 5) is 27.2. The molecule has 0 heterocycles. The average molecular weight is 439 g/mol. The molecular weight excluding hydrogens is 414 g/mol. The summed E-state index contributed by atoms with van der Waals surface area (Å²) in [5.74, 6) is -0.862. The second kappa shape index (κ2) is 10.6. The molecule has 0 aliphatic carbocycles. The van der Waals surface area contributed by atoms with E-state index >= 15 is 0 Å². The zero-order chi connectivity index (χ0) is 21.6. The zero-order valence-electron chi connectivity index (χ0n) is 16.7. The van der Waals surface area contributed by atoms with Crippen LogP contribution in [0.1, 0.15) is 38.3 Å². The predicted octanol–water partition coefficient (Wildman–Crippen LogP) is 5.01. The van der Waals surface area contributed by atoms with E-state index in [4.69, 9.17) is 23.2 Å². The summed E-state index contributed by atoms with van der Waals surface area (Å²) in [6.45, 7) is 5.72. The number of nitrogens with one attached hydrogen (secondary N) is 1. The molecule has 2 aromatic rings. The van der Waals surface area contributed by atoms with Crippen molar-refractivity contribution in [3.05, 3.63) is 69.5 Å². The molecule has 0 saturated heterocycles. The fourth-order valence-electron chi connectivity index (χ4n) is 2.76. The van der Waals surface area contributed by atoms with Crippen molar-refractivity contribution in [1.82, 2.24) is 10.2 Å². The van der Waals surface area contributed by atoms with Crippen LogP contribution in [0.5, 0.6) is 0 Å².